The van der Waals surface area contributed by atoms with Crippen molar-refractivity contribution in [2.24, 2.45) is 0 Å². The van der Waals surface area contributed by atoms with Crippen molar-refractivity contribution in [3.05, 3.63) is 65.2 Å². The van der Waals surface area contributed by atoms with Crippen molar-refractivity contribution in [2.45, 2.75) is 13.3 Å². The van der Waals surface area contributed by atoms with E-state index in [9.17, 15) is 14.0 Å². The Morgan fingerprint density at radius 2 is 1.70 bits per heavy atom. The van der Waals surface area contributed by atoms with Crippen molar-refractivity contribution in [3.8, 4) is 5.75 Å². The van der Waals surface area contributed by atoms with Gasteiger partial charge in [-0.2, -0.15) is 0 Å². The average molecular weight is 410 g/mol. The van der Waals surface area contributed by atoms with E-state index < -0.39 is 0 Å². The summed E-state index contributed by atoms with van der Waals surface area (Å²) in [5.41, 5.74) is 1.62. The van der Waals surface area contributed by atoms with Crippen molar-refractivity contribution in [3.63, 3.8) is 0 Å². The molecule has 0 saturated carbocycles. The lowest BCUT2D eigenvalue weighted by Gasteiger charge is -2.22. The molecule has 0 atom stereocenters. The topological polar surface area (TPSA) is 63.0 Å². The fraction of sp³-hybridized carbons (Fsp3) is 0.304. The van der Waals surface area contributed by atoms with Crippen molar-refractivity contribution >= 4 is 22.8 Å². The molecule has 0 N–H and O–H groups in total. The highest BCUT2D eigenvalue weighted by Gasteiger charge is 2.28. The molecule has 0 unspecified atom stereocenters. The zero-order valence-corrected chi connectivity index (χ0v) is 17.0. The molecule has 2 heterocycles. The number of carbonyl (C=O) groups excluding carboxylic acids is 2. The number of hydrogen-bond acceptors (Lipinski definition) is 4. The second-order valence-corrected chi connectivity index (χ2v) is 7.33. The van der Waals surface area contributed by atoms with E-state index in [0.717, 1.165) is 0 Å². The Morgan fingerprint density at radius 1 is 1.00 bits per heavy atom. The lowest BCUT2D eigenvalue weighted by Crippen LogP contribution is -2.37. The number of halogens is 1. The number of rotatable bonds is 3. The van der Waals surface area contributed by atoms with E-state index in [1.807, 2.05) is 6.07 Å². The third kappa shape index (κ3) is 3.63. The standard InChI is InChI=1S/C23H23FN2O4/c1-15-18-14-16(24)8-9-20(18)30-21(15)23(28)26-11-5-10-25(12-13-26)22(27)17-6-3-4-7-19(17)29-2/h3-4,6-9,14H,5,10-13H2,1-2H3. The summed E-state index contributed by atoms with van der Waals surface area (Å²) in [5.74, 6) is 0.0309. The first-order chi connectivity index (χ1) is 14.5. The lowest BCUT2D eigenvalue weighted by molar-refractivity contribution is 0.0699. The number of para-hydroxylation sites is 1. The fourth-order valence-electron chi connectivity index (χ4n) is 3.86. The van der Waals surface area contributed by atoms with E-state index in [2.05, 4.69) is 0 Å². The molecular formula is C23H23FN2O4. The summed E-state index contributed by atoms with van der Waals surface area (Å²) < 4.78 is 24.6. The van der Waals surface area contributed by atoms with Crippen LogP contribution in [-0.2, 0) is 0 Å². The van der Waals surface area contributed by atoms with Crippen LogP contribution in [0.2, 0.25) is 0 Å². The quantitative estimate of drug-likeness (QED) is 0.658. The first-order valence-corrected chi connectivity index (χ1v) is 9.90. The molecule has 7 heteroatoms. The van der Waals surface area contributed by atoms with Gasteiger partial charge in [-0.1, -0.05) is 12.1 Å². The minimum absolute atomic E-state index is 0.114. The number of ether oxygens (including phenoxy) is 1. The molecule has 6 nitrogen and oxygen atoms in total. The SMILES string of the molecule is COc1ccccc1C(=O)N1CCCN(C(=O)c2oc3ccc(F)cc3c2C)CC1. The van der Waals surface area contributed by atoms with Crippen LogP contribution >= 0.6 is 0 Å². The monoisotopic (exact) mass is 410 g/mol. The van der Waals surface area contributed by atoms with Crippen LogP contribution in [-0.4, -0.2) is 54.9 Å². The molecular weight excluding hydrogens is 387 g/mol. The first-order valence-electron chi connectivity index (χ1n) is 9.90. The van der Waals surface area contributed by atoms with Gasteiger partial charge in [0.15, 0.2) is 5.76 Å². The number of nitrogens with zero attached hydrogens (tertiary/aromatic N) is 2. The van der Waals surface area contributed by atoms with Crippen LogP contribution in [0.5, 0.6) is 5.75 Å². The largest absolute Gasteiger partial charge is 0.496 e. The van der Waals surface area contributed by atoms with Gasteiger partial charge in [0, 0.05) is 37.1 Å². The molecule has 2 amide bonds. The van der Waals surface area contributed by atoms with Gasteiger partial charge in [-0.25, -0.2) is 4.39 Å². The lowest BCUT2D eigenvalue weighted by atomic mass is 10.1. The first kappa shape index (κ1) is 19.9. The van der Waals surface area contributed by atoms with E-state index in [-0.39, 0.29) is 23.4 Å². The summed E-state index contributed by atoms with van der Waals surface area (Å²) in [7, 11) is 1.54. The molecule has 1 saturated heterocycles. The molecule has 1 fully saturated rings. The van der Waals surface area contributed by atoms with Crippen LogP contribution in [0.25, 0.3) is 11.0 Å². The number of methoxy groups -OCH3 is 1. The second-order valence-electron chi connectivity index (χ2n) is 7.33. The molecule has 1 aliphatic heterocycles. The molecule has 4 rings (SSSR count). The molecule has 1 aliphatic rings. The average Bonchev–Trinajstić information content (AvgIpc) is 2.94. The van der Waals surface area contributed by atoms with Gasteiger partial charge in [0.25, 0.3) is 11.8 Å². The molecule has 0 bridgehead atoms. The molecule has 30 heavy (non-hydrogen) atoms. The van der Waals surface area contributed by atoms with Gasteiger partial charge in [-0.15, -0.1) is 0 Å². The highest BCUT2D eigenvalue weighted by atomic mass is 19.1. The number of fused-ring (bicyclic) bond motifs is 1. The van der Waals surface area contributed by atoms with Gasteiger partial charge in [0.05, 0.1) is 12.7 Å². The summed E-state index contributed by atoms with van der Waals surface area (Å²) in [6, 6.07) is 11.3. The maximum Gasteiger partial charge on any atom is 0.289 e. The maximum absolute atomic E-state index is 13.6. The fourth-order valence-corrected chi connectivity index (χ4v) is 3.86. The Balaban J connectivity index is 1.51. The van der Waals surface area contributed by atoms with Gasteiger partial charge in [-0.3, -0.25) is 9.59 Å². The highest BCUT2D eigenvalue weighted by molar-refractivity contribution is 5.99. The third-order valence-electron chi connectivity index (χ3n) is 5.50. The smallest absolute Gasteiger partial charge is 0.289 e. The minimum Gasteiger partial charge on any atom is -0.496 e. The summed E-state index contributed by atoms with van der Waals surface area (Å²) in [5, 5.41) is 0.598. The molecule has 3 aromatic rings. The van der Waals surface area contributed by atoms with Crippen LogP contribution in [0.1, 0.15) is 32.9 Å². The Kier molecular flexibility index (Phi) is 5.44. The minimum atomic E-state index is -0.370. The van der Waals surface area contributed by atoms with Crippen molar-refractivity contribution in [1.82, 2.24) is 9.80 Å². The molecule has 0 radical (unpaired) electrons. The predicted octanol–water partition coefficient (Wildman–Crippen LogP) is 3.88. The van der Waals surface area contributed by atoms with Gasteiger partial charge in [0.1, 0.15) is 17.1 Å². The summed E-state index contributed by atoms with van der Waals surface area (Å²) in [4.78, 5) is 29.5. The van der Waals surface area contributed by atoms with Crippen LogP contribution in [0.15, 0.2) is 46.9 Å². The number of carbonyl (C=O) groups is 2. The van der Waals surface area contributed by atoms with Crippen molar-refractivity contribution in [2.75, 3.05) is 33.3 Å². The number of benzene rings is 2. The number of aryl methyl sites for hydroxylation is 1. The van der Waals surface area contributed by atoms with Crippen LogP contribution < -0.4 is 4.74 Å². The maximum atomic E-state index is 13.6. The Bertz CT molecular complexity index is 1110. The van der Waals surface area contributed by atoms with Crippen molar-refractivity contribution < 1.29 is 23.1 Å². The van der Waals surface area contributed by atoms with Crippen LogP contribution in [0.4, 0.5) is 4.39 Å². The van der Waals surface area contributed by atoms with Crippen LogP contribution in [0, 0.1) is 12.7 Å². The molecule has 2 aromatic carbocycles. The predicted molar refractivity (Wildman–Crippen MR) is 110 cm³/mol. The van der Waals surface area contributed by atoms with Crippen LogP contribution in [0.3, 0.4) is 0 Å². The zero-order chi connectivity index (χ0) is 21.3. The van der Waals surface area contributed by atoms with E-state index in [0.29, 0.717) is 60.4 Å². The highest BCUT2D eigenvalue weighted by Crippen LogP contribution is 2.27. The number of hydrogen-bond donors (Lipinski definition) is 0. The van der Waals surface area contributed by atoms with E-state index in [1.165, 1.54) is 25.3 Å². The van der Waals surface area contributed by atoms with Crippen molar-refractivity contribution in [1.29, 1.82) is 0 Å². The normalized spacial score (nSPS) is 14.6. The van der Waals surface area contributed by atoms with E-state index in [1.54, 1.807) is 34.9 Å². The molecule has 156 valence electrons. The summed E-state index contributed by atoms with van der Waals surface area (Å²) >= 11 is 0. The molecule has 0 spiro atoms. The number of furan rings is 1. The van der Waals surface area contributed by atoms with E-state index in [4.69, 9.17) is 9.15 Å². The Morgan fingerprint density at radius 3 is 2.43 bits per heavy atom. The molecule has 0 aliphatic carbocycles. The van der Waals surface area contributed by atoms with Gasteiger partial charge >= 0.3 is 0 Å². The van der Waals surface area contributed by atoms with E-state index >= 15 is 0 Å². The zero-order valence-electron chi connectivity index (χ0n) is 17.0. The number of amides is 2. The summed E-state index contributed by atoms with van der Waals surface area (Å²) in [6.07, 6.45) is 0.653. The Labute approximate surface area is 173 Å². The second kappa shape index (κ2) is 8.18. The van der Waals surface area contributed by atoms with Gasteiger partial charge in [0.2, 0.25) is 0 Å². The third-order valence-corrected chi connectivity index (χ3v) is 5.50. The van der Waals surface area contributed by atoms with Gasteiger partial charge in [-0.05, 0) is 43.7 Å². The van der Waals surface area contributed by atoms with Gasteiger partial charge < -0.3 is 19.0 Å². The Hall–Kier alpha value is -3.35. The summed E-state index contributed by atoms with van der Waals surface area (Å²) in [6.45, 7) is 3.62. The molecule has 1 aromatic heterocycles.